The lowest BCUT2D eigenvalue weighted by Crippen LogP contribution is -2.43. The minimum atomic E-state index is -4.44. The zero-order valence-corrected chi connectivity index (χ0v) is 19.4. The monoisotopic (exact) mass is 476 g/mol. The number of hydrogen-bond donors (Lipinski definition) is 0. The van der Waals surface area contributed by atoms with Crippen molar-refractivity contribution in [3.63, 3.8) is 0 Å². The largest absolute Gasteiger partial charge is 0.444 e. The third-order valence-electron chi connectivity index (χ3n) is 5.75. The number of hydrogen-bond acceptors (Lipinski definition) is 5. The maximum absolute atomic E-state index is 13.1. The van der Waals surface area contributed by atoms with Crippen LogP contribution >= 0.6 is 0 Å². The molecule has 1 atom stereocenters. The molecule has 2 aliphatic rings. The summed E-state index contributed by atoms with van der Waals surface area (Å²) in [6.07, 6.45) is -1.70. The Bertz CT molecular complexity index is 1130. The van der Waals surface area contributed by atoms with Crippen LogP contribution in [-0.2, 0) is 17.3 Å². The van der Waals surface area contributed by atoms with Crippen molar-refractivity contribution in [1.29, 1.82) is 0 Å². The molecule has 2 aromatic rings. The van der Waals surface area contributed by atoms with E-state index in [0.717, 1.165) is 25.0 Å². The number of amides is 1. The van der Waals surface area contributed by atoms with E-state index in [1.54, 1.807) is 15.6 Å². The minimum Gasteiger partial charge on any atom is -0.444 e. The Morgan fingerprint density at radius 2 is 2.00 bits per heavy atom. The average Bonchev–Trinajstić information content (AvgIpc) is 3.17. The molecule has 1 saturated heterocycles. The highest BCUT2D eigenvalue weighted by Gasteiger charge is 2.33. The van der Waals surface area contributed by atoms with E-state index in [-0.39, 0.29) is 24.7 Å². The number of ketones is 1. The van der Waals surface area contributed by atoms with E-state index in [2.05, 4.69) is 10.1 Å². The average molecular weight is 476 g/mol. The van der Waals surface area contributed by atoms with Gasteiger partial charge in [0.15, 0.2) is 11.6 Å². The first-order valence-corrected chi connectivity index (χ1v) is 11.2. The summed E-state index contributed by atoms with van der Waals surface area (Å²) in [6.45, 7) is 6.36. The van der Waals surface area contributed by atoms with Crippen molar-refractivity contribution in [2.45, 2.75) is 64.3 Å². The van der Waals surface area contributed by atoms with E-state index in [4.69, 9.17) is 4.74 Å². The molecule has 1 aromatic heterocycles. The van der Waals surface area contributed by atoms with E-state index in [0.29, 0.717) is 35.7 Å². The predicted octanol–water partition coefficient (Wildman–Crippen LogP) is 5.38. The molecular weight excluding hydrogens is 449 g/mol. The third kappa shape index (κ3) is 5.31. The highest BCUT2D eigenvalue weighted by molar-refractivity contribution is 6.15. The molecule has 0 bridgehead atoms. The first-order chi connectivity index (χ1) is 15.9. The van der Waals surface area contributed by atoms with Gasteiger partial charge < -0.3 is 9.64 Å². The fraction of sp³-hybridized carbons (Fsp3) is 0.500. The first-order valence-electron chi connectivity index (χ1n) is 11.2. The second kappa shape index (κ2) is 8.88. The quantitative estimate of drug-likeness (QED) is 0.596. The summed E-state index contributed by atoms with van der Waals surface area (Å²) >= 11 is 0. The predicted molar refractivity (Wildman–Crippen MR) is 119 cm³/mol. The second-order valence-electron chi connectivity index (χ2n) is 9.70. The Morgan fingerprint density at radius 1 is 1.24 bits per heavy atom. The summed E-state index contributed by atoms with van der Waals surface area (Å²) in [4.78, 5) is 31.5. The number of piperidine rings is 1. The molecular formula is C24H27F3N4O3. The van der Waals surface area contributed by atoms with Crippen molar-refractivity contribution >= 4 is 23.4 Å². The van der Waals surface area contributed by atoms with Crippen LogP contribution in [0.15, 0.2) is 35.5 Å². The van der Waals surface area contributed by atoms with Gasteiger partial charge in [0.2, 0.25) is 0 Å². The molecule has 0 aliphatic carbocycles. The van der Waals surface area contributed by atoms with Crippen LogP contribution in [0.3, 0.4) is 0 Å². The van der Waals surface area contributed by atoms with Crippen LogP contribution < -0.4 is 0 Å². The smallest absolute Gasteiger partial charge is 0.416 e. The fourth-order valence-electron chi connectivity index (χ4n) is 4.24. The number of alkyl halides is 3. The number of ether oxygens (including phenoxy) is 1. The molecule has 182 valence electrons. The van der Waals surface area contributed by atoms with Crippen LogP contribution in [0, 0.1) is 0 Å². The van der Waals surface area contributed by atoms with Crippen molar-refractivity contribution in [3.8, 4) is 0 Å². The molecule has 0 radical (unpaired) electrons. The number of carbonyl (C=O) groups is 2. The molecule has 0 saturated carbocycles. The normalized spacial score (nSPS) is 19.0. The SMILES string of the molecule is CC(C)(C)OC(=O)N1CCCC(n2ncc3c2N=C(Cc2cccc(C(F)(F)F)c2)CC3=O)C1. The van der Waals surface area contributed by atoms with Gasteiger partial charge in [0.1, 0.15) is 5.60 Å². The standard InChI is InChI=1S/C24H27F3N4O3/c1-23(2,3)34-22(33)30-9-5-8-18(14-30)31-21-19(13-28-31)20(32)12-17(29-21)11-15-6-4-7-16(10-15)24(25,26)27/h4,6-7,10,13,18H,5,8-9,11-12,14H2,1-3H3. The molecule has 34 heavy (non-hydrogen) atoms. The zero-order valence-electron chi connectivity index (χ0n) is 19.4. The number of halogens is 3. The van der Waals surface area contributed by atoms with E-state index >= 15 is 0 Å². The molecule has 3 heterocycles. The van der Waals surface area contributed by atoms with Gasteiger partial charge >= 0.3 is 12.3 Å². The number of benzene rings is 1. The highest BCUT2D eigenvalue weighted by Crippen LogP contribution is 2.34. The molecule has 1 aromatic carbocycles. The molecule has 0 N–H and O–H groups in total. The van der Waals surface area contributed by atoms with E-state index in [1.165, 1.54) is 12.3 Å². The maximum atomic E-state index is 13.1. The van der Waals surface area contributed by atoms with Crippen molar-refractivity contribution in [3.05, 3.63) is 47.2 Å². The lowest BCUT2D eigenvalue weighted by molar-refractivity contribution is -0.137. The van der Waals surface area contributed by atoms with Gasteiger partial charge in [-0.15, -0.1) is 0 Å². The fourth-order valence-corrected chi connectivity index (χ4v) is 4.24. The van der Waals surface area contributed by atoms with Crippen molar-refractivity contribution in [1.82, 2.24) is 14.7 Å². The van der Waals surface area contributed by atoms with Gasteiger partial charge in [0.25, 0.3) is 0 Å². The molecule has 7 nitrogen and oxygen atoms in total. The van der Waals surface area contributed by atoms with Gasteiger partial charge in [-0.1, -0.05) is 18.2 Å². The molecule has 2 aliphatic heterocycles. The number of Topliss-reactive ketones (excluding diaryl/α,β-unsaturated/α-hetero) is 1. The van der Waals surface area contributed by atoms with Crippen molar-refractivity contribution < 1.29 is 27.5 Å². The Morgan fingerprint density at radius 3 is 2.71 bits per heavy atom. The van der Waals surface area contributed by atoms with E-state index in [9.17, 15) is 22.8 Å². The first kappa shape index (κ1) is 24.0. The summed E-state index contributed by atoms with van der Waals surface area (Å²) in [6, 6.07) is 4.86. The van der Waals surface area contributed by atoms with Gasteiger partial charge in [0.05, 0.1) is 29.8 Å². The Kier molecular flexibility index (Phi) is 6.26. The summed E-state index contributed by atoms with van der Waals surface area (Å²) in [5, 5.41) is 4.39. The van der Waals surface area contributed by atoms with E-state index < -0.39 is 23.4 Å². The number of likely N-dealkylation sites (tertiary alicyclic amines) is 1. The molecule has 4 rings (SSSR count). The maximum Gasteiger partial charge on any atom is 0.416 e. The van der Waals surface area contributed by atoms with Crippen LogP contribution in [0.5, 0.6) is 0 Å². The van der Waals surface area contributed by atoms with Gasteiger partial charge in [-0.25, -0.2) is 14.5 Å². The Labute approximate surface area is 195 Å². The van der Waals surface area contributed by atoms with Crippen LogP contribution in [0.4, 0.5) is 23.8 Å². The summed E-state index contributed by atoms with van der Waals surface area (Å²) < 4.78 is 46.4. The Hall–Kier alpha value is -3.17. The molecule has 1 unspecified atom stereocenters. The number of rotatable bonds is 3. The van der Waals surface area contributed by atoms with Crippen molar-refractivity contribution in [2.75, 3.05) is 13.1 Å². The van der Waals surface area contributed by atoms with Gasteiger partial charge in [-0.2, -0.15) is 18.3 Å². The van der Waals surface area contributed by atoms with Crippen LogP contribution in [0.25, 0.3) is 0 Å². The van der Waals surface area contributed by atoms with Gasteiger partial charge in [-0.3, -0.25) is 4.79 Å². The highest BCUT2D eigenvalue weighted by atomic mass is 19.4. The van der Waals surface area contributed by atoms with Gasteiger partial charge in [-0.05, 0) is 45.2 Å². The Balaban J connectivity index is 1.56. The van der Waals surface area contributed by atoms with Crippen LogP contribution in [0.2, 0.25) is 0 Å². The topological polar surface area (TPSA) is 76.8 Å². The lowest BCUT2D eigenvalue weighted by Gasteiger charge is -2.34. The number of nitrogens with zero attached hydrogens (tertiary/aromatic N) is 4. The number of aromatic nitrogens is 2. The molecule has 10 heteroatoms. The van der Waals surface area contributed by atoms with E-state index in [1.807, 2.05) is 20.8 Å². The summed E-state index contributed by atoms with van der Waals surface area (Å²) in [5.74, 6) is 0.229. The zero-order chi connectivity index (χ0) is 24.7. The summed E-state index contributed by atoms with van der Waals surface area (Å²) in [7, 11) is 0. The van der Waals surface area contributed by atoms with Crippen molar-refractivity contribution in [2.24, 2.45) is 4.99 Å². The third-order valence-corrected chi connectivity index (χ3v) is 5.75. The molecule has 1 amide bonds. The van der Waals surface area contributed by atoms with Crippen LogP contribution in [-0.4, -0.2) is 51.0 Å². The van der Waals surface area contributed by atoms with Gasteiger partial charge in [0, 0.05) is 25.2 Å². The second-order valence-corrected chi connectivity index (χ2v) is 9.70. The van der Waals surface area contributed by atoms with Crippen LogP contribution in [0.1, 0.15) is 67.6 Å². The number of carbonyl (C=O) groups excluding carboxylic acids is 2. The number of aliphatic imine (C=N–C) groups is 1. The number of fused-ring (bicyclic) bond motifs is 1. The minimum absolute atomic E-state index is 0.0314. The summed E-state index contributed by atoms with van der Waals surface area (Å²) in [5.41, 5.74) is -0.0302. The lowest BCUT2D eigenvalue weighted by atomic mass is 9.98. The molecule has 0 spiro atoms. The molecule has 1 fully saturated rings.